The van der Waals surface area contributed by atoms with Crippen LogP contribution in [0.3, 0.4) is 0 Å². The van der Waals surface area contributed by atoms with Crippen LogP contribution in [0.4, 0.5) is 5.69 Å². The molecule has 0 spiro atoms. The van der Waals surface area contributed by atoms with Crippen LogP contribution < -0.4 is 5.48 Å². The van der Waals surface area contributed by atoms with E-state index < -0.39 is 0 Å². The van der Waals surface area contributed by atoms with E-state index in [1.807, 2.05) is 23.1 Å². The molecule has 0 aliphatic carbocycles. The molecule has 0 radical (unpaired) electrons. The minimum absolute atomic E-state index is 0.173. The number of hydrogen-bond donors (Lipinski definition) is 3. The summed E-state index contributed by atoms with van der Waals surface area (Å²) in [6, 6.07) is 12.5. The van der Waals surface area contributed by atoms with Crippen LogP contribution in [-0.4, -0.2) is 27.7 Å². The van der Waals surface area contributed by atoms with Crippen molar-refractivity contribution in [1.82, 2.24) is 4.90 Å². The molecular formula is C17H18N2O3. The van der Waals surface area contributed by atoms with Gasteiger partial charge in [-0.1, -0.05) is 18.2 Å². The van der Waals surface area contributed by atoms with Crippen LogP contribution in [0.1, 0.15) is 18.4 Å². The highest BCUT2D eigenvalue weighted by Crippen LogP contribution is 2.32. The van der Waals surface area contributed by atoms with Gasteiger partial charge < -0.3 is 10.0 Å². The fourth-order valence-electron chi connectivity index (χ4n) is 2.76. The molecule has 3 N–H and O–H groups in total. The summed E-state index contributed by atoms with van der Waals surface area (Å²) in [5.74, 6) is 0.354. The number of nitrogens with zero attached hydrogens (tertiary/aromatic N) is 1. The first kappa shape index (κ1) is 14.4. The minimum atomic E-state index is 0.173. The van der Waals surface area contributed by atoms with Gasteiger partial charge in [-0.05, 0) is 41.8 Å². The number of hydrogen-bond acceptors (Lipinski definition) is 4. The average Bonchev–Trinajstić information content (AvgIpc) is 2.94. The summed E-state index contributed by atoms with van der Waals surface area (Å²) in [5.41, 5.74) is 5.11. The highest BCUT2D eigenvalue weighted by molar-refractivity contribution is 5.78. The van der Waals surface area contributed by atoms with Crippen molar-refractivity contribution in [3.8, 4) is 16.9 Å². The highest BCUT2D eigenvalue weighted by atomic mass is 16.5. The number of phenolic OH excluding ortho intramolecular Hbond substituents is 1. The molecule has 0 bridgehead atoms. The molecule has 1 aliphatic heterocycles. The second-order valence-electron chi connectivity index (χ2n) is 5.46. The molecule has 0 saturated carbocycles. The summed E-state index contributed by atoms with van der Waals surface area (Å²) in [5, 5.41) is 19.1. The number of likely N-dealkylation sites (tertiary alicyclic amines) is 1. The summed E-state index contributed by atoms with van der Waals surface area (Å²) in [7, 11) is 0. The third-order valence-electron chi connectivity index (χ3n) is 3.91. The quantitative estimate of drug-likeness (QED) is 0.759. The summed E-state index contributed by atoms with van der Waals surface area (Å²) < 4.78 is 0. The van der Waals surface area contributed by atoms with Gasteiger partial charge in [0.05, 0.1) is 5.69 Å². The molecule has 1 fully saturated rings. The zero-order valence-electron chi connectivity index (χ0n) is 12.1. The van der Waals surface area contributed by atoms with E-state index in [4.69, 9.17) is 5.21 Å². The Morgan fingerprint density at radius 1 is 1.18 bits per heavy atom. The van der Waals surface area contributed by atoms with Crippen LogP contribution in [0.25, 0.3) is 11.1 Å². The van der Waals surface area contributed by atoms with Gasteiger partial charge in [0.25, 0.3) is 0 Å². The molecule has 0 unspecified atom stereocenters. The van der Waals surface area contributed by atoms with Gasteiger partial charge in [-0.25, -0.2) is 0 Å². The number of carbonyl (C=O) groups excluding carboxylic acids is 1. The predicted octanol–water partition coefficient (Wildman–Crippen LogP) is 2.98. The van der Waals surface area contributed by atoms with Crippen LogP contribution in [0, 0.1) is 0 Å². The summed E-state index contributed by atoms with van der Waals surface area (Å²) in [6.07, 6.45) is 1.53. The fraction of sp³-hybridized carbons (Fsp3) is 0.235. The number of anilines is 1. The first-order valence-electron chi connectivity index (χ1n) is 7.27. The zero-order valence-corrected chi connectivity index (χ0v) is 12.1. The van der Waals surface area contributed by atoms with Gasteiger partial charge >= 0.3 is 0 Å². The van der Waals surface area contributed by atoms with Crippen molar-refractivity contribution in [2.45, 2.75) is 19.4 Å². The molecule has 1 aliphatic rings. The van der Waals surface area contributed by atoms with Crippen LogP contribution in [-0.2, 0) is 11.3 Å². The van der Waals surface area contributed by atoms with Crippen molar-refractivity contribution in [3.05, 3.63) is 48.0 Å². The standard InChI is InChI=1S/C17H18N2O3/c20-16-7-6-12(11-19-8-2-5-17(19)21)9-15(16)13-3-1-4-14(10-13)18-22/h1,3-4,6-7,9-10,18,20,22H,2,5,8,11H2. The molecule has 1 heterocycles. The largest absolute Gasteiger partial charge is 0.507 e. The molecule has 0 aromatic heterocycles. The first-order valence-corrected chi connectivity index (χ1v) is 7.27. The van der Waals surface area contributed by atoms with Gasteiger partial charge in [-0.15, -0.1) is 0 Å². The van der Waals surface area contributed by atoms with Crippen molar-refractivity contribution < 1.29 is 15.1 Å². The van der Waals surface area contributed by atoms with E-state index in [-0.39, 0.29) is 11.7 Å². The molecule has 1 saturated heterocycles. The molecule has 3 rings (SSSR count). The Bertz CT molecular complexity index is 700. The van der Waals surface area contributed by atoms with E-state index in [9.17, 15) is 9.90 Å². The Morgan fingerprint density at radius 2 is 2.05 bits per heavy atom. The lowest BCUT2D eigenvalue weighted by molar-refractivity contribution is -0.128. The molecular weight excluding hydrogens is 280 g/mol. The summed E-state index contributed by atoms with van der Waals surface area (Å²) in [4.78, 5) is 13.6. The van der Waals surface area contributed by atoms with Crippen molar-refractivity contribution >= 4 is 11.6 Å². The maximum atomic E-state index is 11.7. The molecule has 5 nitrogen and oxygen atoms in total. The fourth-order valence-corrected chi connectivity index (χ4v) is 2.76. The van der Waals surface area contributed by atoms with E-state index >= 15 is 0 Å². The molecule has 0 atom stereocenters. The van der Waals surface area contributed by atoms with Gasteiger partial charge in [0.15, 0.2) is 0 Å². The number of aromatic hydroxyl groups is 1. The molecule has 22 heavy (non-hydrogen) atoms. The van der Waals surface area contributed by atoms with E-state index in [2.05, 4.69) is 5.48 Å². The molecule has 2 aromatic rings. The number of nitrogens with one attached hydrogen (secondary N) is 1. The lowest BCUT2D eigenvalue weighted by Gasteiger charge is -2.16. The topological polar surface area (TPSA) is 72.8 Å². The number of phenols is 1. The first-order chi connectivity index (χ1) is 10.7. The van der Waals surface area contributed by atoms with Crippen molar-refractivity contribution in [2.75, 3.05) is 12.0 Å². The smallest absolute Gasteiger partial charge is 0.222 e. The van der Waals surface area contributed by atoms with Gasteiger partial charge in [0, 0.05) is 25.1 Å². The Labute approximate surface area is 128 Å². The number of rotatable bonds is 4. The van der Waals surface area contributed by atoms with Gasteiger partial charge in [-0.2, -0.15) is 0 Å². The Morgan fingerprint density at radius 3 is 2.77 bits per heavy atom. The van der Waals surface area contributed by atoms with Crippen LogP contribution in [0.2, 0.25) is 0 Å². The van der Waals surface area contributed by atoms with Crippen LogP contribution in [0.15, 0.2) is 42.5 Å². The third kappa shape index (κ3) is 2.89. The van der Waals surface area contributed by atoms with Gasteiger partial charge in [0.2, 0.25) is 5.91 Å². The van der Waals surface area contributed by atoms with Crippen LogP contribution in [0.5, 0.6) is 5.75 Å². The monoisotopic (exact) mass is 298 g/mol. The van der Waals surface area contributed by atoms with E-state index in [1.54, 1.807) is 24.3 Å². The Balaban J connectivity index is 1.90. The Hall–Kier alpha value is -2.53. The maximum Gasteiger partial charge on any atom is 0.222 e. The lowest BCUT2D eigenvalue weighted by Crippen LogP contribution is -2.23. The summed E-state index contributed by atoms with van der Waals surface area (Å²) >= 11 is 0. The molecule has 2 aromatic carbocycles. The normalized spacial score (nSPS) is 14.4. The van der Waals surface area contributed by atoms with E-state index in [0.717, 1.165) is 24.1 Å². The average molecular weight is 298 g/mol. The molecule has 114 valence electrons. The lowest BCUT2D eigenvalue weighted by atomic mass is 10.0. The van der Waals surface area contributed by atoms with E-state index in [0.29, 0.717) is 24.2 Å². The molecule has 5 heteroatoms. The van der Waals surface area contributed by atoms with Gasteiger partial charge in [0.1, 0.15) is 5.75 Å². The second kappa shape index (κ2) is 6.07. The number of benzene rings is 2. The van der Waals surface area contributed by atoms with Crippen molar-refractivity contribution in [3.63, 3.8) is 0 Å². The minimum Gasteiger partial charge on any atom is -0.507 e. The predicted molar refractivity (Wildman–Crippen MR) is 83.6 cm³/mol. The SMILES string of the molecule is O=C1CCCN1Cc1ccc(O)c(-c2cccc(NO)c2)c1. The van der Waals surface area contributed by atoms with Crippen molar-refractivity contribution in [1.29, 1.82) is 0 Å². The highest BCUT2D eigenvalue weighted by Gasteiger charge is 2.20. The van der Waals surface area contributed by atoms with Crippen molar-refractivity contribution in [2.24, 2.45) is 0 Å². The maximum absolute atomic E-state index is 11.7. The summed E-state index contributed by atoms with van der Waals surface area (Å²) in [6.45, 7) is 1.35. The Kier molecular flexibility index (Phi) is 3.98. The number of amides is 1. The zero-order chi connectivity index (χ0) is 15.5. The second-order valence-corrected chi connectivity index (χ2v) is 5.46. The van der Waals surface area contributed by atoms with Crippen LogP contribution >= 0.6 is 0 Å². The third-order valence-corrected chi connectivity index (χ3v) is 3.91. The number of carbonyl (C=O) groups is 1. The van der Waals surface area contributed by atoms with Gasteiger partial charge in [-0.3, -0.25) is 15.5 Å². The molecule has 1 amide bonds. The van der Waals surface area contributed by atoms with E-state index in [1.165, 1.54) is 0 Å².